The van der Waals surface area contributed by atoms with Crippen LogP contribution in [0.3, 0.4) is 0 Å². The van der Waals surface area contributed by atoms with Gasteiger partial charge >= 0.3 is 6.55 Å². The number of aromatic nitrogens is 5. The maximum Gasteiger partial charge on any atom is 0.334 e. The monoisotopic (exact) mass is 480 g/mol. The number of rotatable bonds is 6. The molecule has 0 spiro atoms. The molecular formula is C20H16Cl2F2N6O2. The number of fused-ring (bicyclic) bond motifs is 1. The maximum atomic E-state index is 12.8. The van der Waals surface area contributed by atoms with Gasteiger partial charge in [0, 0.05) is 11.6 Å². The maximum absolute atomic E-state index is 12.8. The molecular weight excluding hydrogens is 465 g/mol. The molecule has 4 rings (SSSR count). The van der Waals surface area contributed by atoms with Crippen molar-refractivity contribution in [2.24, 2.45) is 0 Å². The Morgan fingerprint density at radius 1 is 1.12 bits per heavy atom. The normalized spacial score (nSPS) is 12.3. The molecule has 0 unspecified atom stereocenters. The van der Waals surface area contributed by atoms with E-state index in [-0.39, 0.29) is 17.4 Å². The number of hydrogen-bond donors (Lipinski definition) is 1. The van der Waals surface area contributed by atoms with Gasteiger partial charge in [-0.2, -0.15) is 13.5 Å². The van der Waals surface area contributed by atoms with Crippen LogP contribution in [0.4, 0.5) is 14.6 Å². The van der Waals surface area contributed by atoms with Crippen molar-refractivity contribution in [3.8, 4) is 22.6 Å². The van der Waals surface area contributed by atoms with Crippen molar-refractivity contribution in [3.63, 3.8) is 0 Å². The minimum absolute atomic E-state index is 0.0646. The zero-order valence-electron chi connectivity index (χ0n) is 16.8. The second-order valence-corrected chi connectivity index (χ2v) is 7.44. The third kappa shape index (κ3) is 3.87. The van der Waals surface area contributed by atoms with Crippen LogP contribution in [-0.2, 0) is 0 Å². The van der Waals surface area contributed by atoms with Crippen LogP contribution in [0.5, 0.6) is 11.5 Å². The summed E-state index contributed by atoms with van der Waals surface area (Å²) in [7, 11) is 1.48. The molecule has 1 atom stereocenters. The van der Waals surface area contributed by atoms with Gasteiger partial charge in [-0.3, -0.25) is 0 Å². The molecule has 0 saturated carbocycles. The van der Waals surface area contributed by atoms with E-state index >= 15 is 0 Å². The van der Waals surface area contributed by atoms with Crippen LogP contribution in [0.1, 0.15) is 25.4 Å². The van der Waals surface area contributed by atoms with Crippen LogP contribution in [0.2, 0.25) is 10.0 Å². The average Bonchev–Trinajstić information content (AvgIpc) is 3.26. The highest BCUT2D eigenvalue weighted by Crippen LogP contribution is 2.46. The van der Waals surface area contributed by atoms with E-state index in [0.717, 1.165) is 6.33 Å². The van der Waals surface area contributed by atoms with Crippen LogP contribution in [-0.4, -0.2) is 31.8 Å². The quantitative estimate of drug-likeness (QED) is 0.398. The van der Waals surface area contributed by atoms with Gasteiger partial charge < -0.3 is 15.2 Å². The summed E-state index contributed by atoms with van der Waals surface area (Å²) in [6, 6.07) is 6.77. The minimum Gasteiger partial charge on any atom is -0.496 e. The van der Waals surface area contributed by atoms with Crippen molar-refractivity contribution < 1.29 is 18.3 Å². The number of alkyl halides is 2. The van der Waals surface area contributed by atoms with Gasteiger partial charge in [0.25, 0.3) is 0 Å². The highest BCUT2D eigenvalue weighted by Gasteiger charge is 2.24. The largest absolute Gasteiger partial charge is 0.496 e. The van der Waals surface area contributed by atoms with Gasteiger partial charge in [0.15, 0.2) is 11.9 Å². The second-order valence-electron chi connectivity index (χ2n) is 6.66. The summed E-state index contributed by atoms with van der Waals surface area (Å²) in [5, 5.41) is 4.80. The highest BCUT2D eigenvalue weighted by molar-refractivity contribution is 6.44. The summed E-state index contributed by atoms with van der Waals surface area (Å²) in [4.78, 5) is 12.3. The molecule has 4 aromatic rings. The van der Waals surface area contributed by atoms with Crippen molar-refractivity contribution in [2.75, 3.05) is 12.8 Å². The Bertz CT molecular complexity index is 1300. The first-order valence-corrected chi connectivity index (χ1v) is 9.98. The standard InChI is InChI=1S/C20H16Cl2F2N6O2/c1-9(19-28-8-30(29-19)20(23)24)32-13-6-12(31-2)14(10-4-3-5-11(21)16(10)22)17-15(13)18(25)27-7-26-17/h3-9,20H,1-2H3,(H2,25,26,27)/t9-/m1/s1. The molecule has 2 aromatic carbocycles. The lowest BCUT2D eigenvalue weighted by molar-refractivity contribution is 0.0550. The first kappa shape index (κ1) is 22.0. The second kappa shape index (κ2) is 8.71. The van der Waals surface area contributed by atoms with Crippen LogP contribution in [0, 0.1) is 0 Å². The van der Waals surface area contributed by atoms with Gasteiger partial charge in [0.2, 0.25) is 0 Å². The molecule has 0 aliphatic rings. The van der Waals surface area contributed by atoms with Crippen molar-refractivity contribution in [1.82, 2.24) is 24.7 Å². The number of halogens is 4. The van der Waals surface area contributed by atoms with E-state index in [4.69, 9.17) is 38.4 Å². The fourth-order valence-electron chi connectivity index (χ4n) is 3.23. The van der Waals surface area contributed by atoms with E-state index in [0.29, 0.717) is 42.5 Å². The number of hydrogen-bond acceptors (Lipinski definition) is 7. The Morgan fingerprint density at radius 2 is 1.91 bits per heavy atom. The van der Waals surface area contributed by atoms with Gasteiger partial charge in [0.05, 0.1) is 33.6 Å². The van der Waals surface area contributed by atoms with Gasteiger partial charge in [-0.05, 0) is 13.0 Å². The first-order valence-electron chi connectivity index (χ1n) is 9.23. The smallest absolute Gasteiger partial charge is 0.334 e. The highest BCUT2D eigenvalue weighted by atomic mass is 35.5. The van der Waals surface area contributed by atoms with Gasteiger partial charge in [-0.1, -0.05) is 35.3 Å². The van der Waals surface area contributed by atoms with Crippen LogP contribution in [0.15, 0.2) is 36.9 Å². The Balaban J connectivity index is 1.89. The molecule has 8 nitrogen and oxygen atoms in total. The zero-order chi connectivity index (χ0) is 23.0. The number of methoxy groups -OCH3 is 1. The topological polar surface area (TPSA) is 101 Å². The molecule has 0 aliphatic carbocycles. The summed E-state index contributed by atoms with van der Waals surface area (Å²) < 4.78 is 37.7. The molecule has 2 N–H and O–H groups in total. The number of nitrogens with zero attached hydrogens (tertiary/aromatic N) is 5. The summed E-state index contributed by atoms with van der Waals surface area (Å²) >= 11 is 12.7. The number of nitrogen functional groups attached to an aromatic ring is 1. The van der Waals surface area contributed by atoms with Crippen LogP contribution < -0.4 is 15.2 Å². The molecule has 0 saturated heterocycles. The van der Waals surface area contributed by atoms with Crippen molar-refractivity contribution in [1.29, 1.82) is 0 Å². The van der Waals surface area contributed by atoms with Gasteiger partial charge in [-0.15, -0.1) is 5.10 Å². The lowest BCUT2D eigenvalue weighted by atomic mass is 10.00. The van der Waals surface area contributed by atoms with Crippen molar-refractivity contribution in [2.45, 2.75) is 19.6 Å². The Kier molecular flexibility index (Phi) is 5.98. The molecule has 32 heavy (non-hydrogen) atoms. The van der Waals surface area contributed by atoms with Gasteiger partial charge in [0.1, 0.15) is 30.0 Å². The number of benzene rings is 2. The predicted octanol–water partition coefficient (Wildman–Crippen LogP) is 5.32. The molecule has 166 valence electrons. The molecule has 0 fully saturated rings. The molecule has 12 heteroatoms. The lowest BCUT2D eigenvalue weighted by Gasteiger charge is -2.19. The van der Waals surface area contributed by atoms with Crippen molar-refractivity contribution in [3.05, 3.63) is 52.8 Å². The van der Waals surface area contributed by atoms with Gasteiger partial charge in [-0.25, -0.2) is 15.0 Å². The molecule has 0 bridgehead atoms. The van der Waals surface area contributed by atoms with E-state index in [1.165, 1.54) is 13.4 Å². The molecule has 0 aliphatic heterocycles. The van der Waals surface area contributed by atoms with Crippen LogP contribution in [0.25, 0.3) is 22.0 Å². The summed E-state index contributed by atoms with van der Waals surface area (Å²) in [5.41, 5.74) is 7.69. The van der Waals surface area contributed by atoms with E-state index in [1.54, 1.807) is 31.2 Å². The molecule has 0 radical (unpaired) electrons. The van der Waals surface area contributed by atoms with E-state index in [1.807, 2.05) is 0 Å². The predicted molar refractivity (Wildman–Crippen MR) is 116 cm³/mol. The van der Waals surface area contributed by atoms with E-state index in [2.05, 4.69) is 20.1 Å². The number of nitrogens with two attached hydrogens (primary N) is 1. The van der Waals surface area contributed by atoms with Crippen LogP contribution >= 0.6 is 23.2 Å². The zero-order valence-corrected chi connectivity index (χ0v) is 18.3. The Labute approximate surface area is 190 Å². The molecule has 0 amide bonds. The summed E-state index contributed by atoms with van der Waals surface area (Å²) in [6.07, 6.45) is 1.45. The third-order valence-corrected chi connectivity index (χ3v) is 5.52. The lowest BCUT2D eigenvalue weighted by Crippen LogP contribution is -2.09. The summed E-state index contributed by atoms with van der Waals surface area (Å²) in [5.74, 6) is 0.853. The van der Waals surface area contributed by atoms with E-state index < -0.39 is 12.7 Å². The Hall–Kier alpha value is -3.24. The number of ether oxygens (including phenoxy) is 2. The number of anilines is 1. The fraction of sp³-hybridized carbons (Fsp3) is 0.200. The van der Waals surface area contributed by atoms with Crippen molar-refractivity contribution >= 4 is 39.9 Å². The fourth-order valence-corrected chi connectivity index (χ4v) is 3.63. The Morgan fingerprint density at radius 3 is 2.59 bits per heavy atom. The molecule has 2 aromatic heterocycles. The SMILES string of the molecule is COc1cc(O[C@H](C)c2ncn(C(F)F)n2)c2c(N)ncnc2c1-c1cccc(Cl)c1Cl. The van der Waals surface area contributed by atoms with E-state index in [9.17, 15) is 8.78 Å². The molecule has 2 heterocycles. The summed E-state index contributed by atoms with van der Waals surface area (Å²) in [6.45, 7) is -1.19. The third-order valence-electron chi connectivity index (χ3n) is 4.70. The first-order chi connectivity index (χ1) is 15.3. The average molecular weight is 481 g/mol. The minimum atomic E-state index is -2.81.